The first-order valence-electron chi connectivity index (χ1n) is 10.6. The molecule has 2 heterocycles. The number of carbonyl (C=O) groups is 2. The van der Waals surface area contributed by atoms with Crippen LogP contribution in [0.1, 0.15) is 43.1 Å². The van der Waals surface area contributed by atoms with Gasteiger partial charge in [0.05, 0.1) is 35.1 Å². The molecule has 2 N–H and O–H groups in total. The standard InChI is InChI=1S/C25H25FN4O3S/c1-4-20(21-15-28-30(22(21)5-2)19-8-6-18(26)7-9-19)25(33)29-16(3)17-10-12-27-23(14-17)34-13-11-24(31)32/h4-10,12,14-16H,2,11,13H2,1,3H3,(H,29,33)(H,31,32)/b20-4+. The summed E-state index contributed by atoms with van der Waals surface area (Å²) in [6.45, 7) is 7.49. The minimum atomic E-state index is -0.857. The Morgan fingerprint density at radius 1 is 1.29 bits per heavy atom. The molecule has 0 aliphatic heterocycles. The molecule has 1 amide bonds. The average molecular weight is 481 g/mol. The monoisotopic (exact) mass is 480 g/mol. The van der Waals surface area contributed by atoms with Crippen molar-refractivity contribution < 1.29 is 19.1 Å². The second kappa shape index (κ2) is 11.4. The van der Waals surface area contributed by atoms with Crippen molar-refractivity contribution in [3.05, 3.63) is 84.1 Å². The Morgan fingerprint density at radius 2 is 2.03 bits per heavy atom. The lowest BCUT2D eigenvalue weighted by Gasteiger charge is -2.16. The summed E-state index contributed by atoms with van der Waals surface area (Å²) < 4.78 is 14.9. The van der Waals surface area contributed by atoms with Crippen molar-refractivity contribution in [3.63, 3.8) is 0 Å². The third kappa shape index (κ3) is 5.99. The maximum atomic E-state index is 13.3. The van der Waals surface area contributed by atoms with Crippen LogP contribution in [0.15, 0.2) is 66.5 Å². The van der Waals surface area contributed by atoms with Crippen LogP contribution in [0.2, 0.25) is 0 Å². The van der Waals surface area contributed by atoms with Crippen LogP contribution in [-0.2, 0) is 9.59 Å². The summed E-state index contributed by atoms with van der Waals surface area (Å²) in [6.07, 6.45) is 6.59. The van der Waals surface area contributed by atoms with Crippen LogP contribution in [0.4, 0.5) is 4.39 Å². The quantitative estimate of drug-likeness (QED) is 0.317. The minimum Gasteiger partial charge on any atom is -0.481 e. The van der Waals surface area contributed by atoms with E-state index in [1.807, 2.05) is 19.1 Å². The highest BCUT2D eigenvalue weighted by molar-refractivity contribution is 7.99. The fourth-order valence-electron chi connectivity index (χ4n) is 3.33. The van der Waals surface area contributed by atoms with E-state index in [0.29, 0.717) is 33.3 Å². The number of carbonyl (C=O) groups excluding carboxylic acids is 1. The molecule has 0 fully saturated rings. The maximum absolute atomic E-state index is 13.3. The summed E-state index contributed by atoms with van der Waals surface area (Å²) in [5.41, 5.74) is 3.15. The molecule has 3 rings (SSSR count). The zero-order valence-corrected chi connectivity index (χ0v) is 19.7. The van der Waals surface area contributed by atoms with Crippen molar-refractivity contribution in [3.8, 4) is 5.69 Å². The van der Waals surface area contributed by atoms with Gasteiger partial charge in [-0.2, -0.15) is 5.10 Å². The van der Waals surface area contributed by atoms with E-state index in [2.05, 4.69) is 22.0 Å². The molecule has 0 aliphatic rings. The minimum absolute atomic E-state index is 0.0464. The molecule has 0 bridgehead atoms. The van der Waals surface area contributed by atoms with Gasteiger partial charge in [0, 0.05) is 23.1 Å². The molecule has 0 radical (unpaired) electrons. The van der Waals surface area contributed by atoms with E-state index >= 15 is 0 Å². The Balaban J connectivity index is 1.77. The van der Waals surface area contributed by atoms with Gasteiger partial charge in [-0.25, -0.2) is 14.1 Å². The number of halogens is 1. The number of pyridine rings is 1. The molecule has 2 aromatic heterocycles. The topological polar surface area (TPSA) is 97.1 Å². The molecule has 0 spiro atoms. The number of hydrogen-bond donors (Lipinski definition) is 2. The van der Waals surface area contributed by atoms with Gasteiger partial charge in [-0.15, -0.1) is 11.8 Å². The Kier molecular flexibility index (Phi) is 8.37. The van der Waals surface area contributed by atoms with Gasteiger partial charge in [0.1, 0.15) is 5.82 Å². The van der Waals surface area contributed by atoms with Gasteiger partial charge in [-0.05, 0) is 61.9 Å². The van der Waals surface area contributed by atoms with Crippen LogP contribution < -0.4 is 5.32 Å². The molecule has 9 heteroatoms. The molecule has 0 saturated carbocycles. The maximum Gasteiger partial charge on any atom is 0.304 e. The van der Waals surface area contributed by atoms with Crippen LogP contribution in [0, 0.1) is 5.82 Å². The van der Waals surface area contributed by atoms with Crippen LogP contribution in [-0.4, -0.2) is 37.5 Å². The summed E-state index contributed by atoms with van der Waals surface area (Å²) in [7, 11) is 0. The molecule has 7 nitrogen and oxygen atoms in total. The Morgan fingerprint density at radius 3 is 2.68 bits per heavy atom. The Hall–Kier alpha value is -3.72. The van der Waals surface area contributed by atoms with Gasteiger partial charge in [-0.3, -0.25) is 9.59 Å². The fraction of sp³-hybridized carbons (Fsp3) is 0.200. The zero-order valence-electron chi connectivity index (χ0n) is 18.9. The van der Waals surface area contributed by atoms with E-state index in [4.69, 9.17) is 5.11 Å². The second-order valence-electron chi connectivity index (χ2n) is 7.35. The highest BCUT2D eigenvalue weighted by Crippen LogP contribution is 2.25. The molecule has 3 aromatic rings. The summed E-state index contributed by atoms with van der Waals surface area (Å²) in [5, 5.41) is 16.9. The lowest BCUT2D eigenvalue weighted by Crippen LogP contribution is -2.27. The van der Waals surface area contributed by atoms with E-state index < -0.39 is 5.97 Å². The number of nitrogens with one attached hydrogen (secondary N) is 1. The van der Waals surface area contributed by atoms with Gasteiger partial charge in [-0.1, -0.05) is 12.7 Å². The summed E-state index contributed by atoms with van der Waals surface area (Å²) in [6, 6.07) is 9.23. The van der Waals surface area contributed by atoms with E-state index in [-0.39, 0.29) is 24.2 Å². The number of thioether (sulfide) groups is 1. The molecule has 1 unspecified atom stereocenters. The number of rotatable bonds is 10. The molecule has 176 valence electrons. The van der Waals surface area contributed by atoms with Crippen LogP contribution in [0.3, 0.4) is 0 Å². The van der Waals surface area contributed by atoms with Crippen molar-refractivity contribution in [1.29, 1.82) is 0 Å². The molecule has 0 aliphatic carbocycles. The Labute approximate surface area is 201 Å². The van der Waals surface area contributed by atoms with Gasteiger partial charge >= 0.3 is 5.97 Å². The normalized spacial score (nSPS) is 12.3. The number of allylic oxidation sites excluding steroid dienone is 1. The van der Waals surface area contributed by atoms with E-state index in [9.17, 15) is 14.0 Å². The molecule has 0 saturated heterocycles. The first-order chi connectivity index (χ1) is 16.3. The number of carboxylic acid groups (broad SMARTS) is 1. The number of aliphatic carboxylic acids is 1. The highest BCUT2D eigenvalue weighted by atomic mass is 32.2. The predicted molar refractivity (Wildman–Crippen MR) is 131 cm³/mol. The lowest BCUT2D eigenvalue weighted by molar-refractivity contribution is -0.136. The average Bonchev–Trinajstić information content (AvgIpc) is 3.23. The summed E-state index contributed by atoms with van der Waals surface area (Å²) >= 11 is 1.35. The molecular formula is C25H25FN4O3S. The molecule has 34 heavy (non-hydrogen) atoms. The van der Waals surface area contributed by atoms with Crippen molar-refractivity contribution in [2.45, 2.75) is 31.3 Å². The SMILES string of the molecule is C=Cc1c(/C(=C\C)C(=O)NC(C)c2ccnc(SCCC(=O)O)c2)cnn1-c1ccc(F)cc1. The number of carboxylic acids is 1. The number of amides is 1. The molecule has 1 atom stereocenters. The first kappa shape index (κ1) is 24.9. The van der Waals surface area contributed by atoms with Crippen LogP contribution >= 0.6 is 11.8 Å². The van der Waals surface area contributed by atoms with Crippen LogP contribution in [0.25, 0.3) is 17.3 Å². The van der Waals surface area contributed by atoms with Crippen molar-refractivity contribution in [1.82, 2.24) is 20.1 Å². The molecular weight excluding hydrogens is 455 g/mol. The van der Waals surface area contributed by atoms with Gasteiger partial charge in [0.15, 0.2) is 0 Å². The summed E-state index contributed by atoms with van der Waals surface area (Å²) in [5.74, 6) is -1.07. The third-order valence-electron chi connectivity index (χ3n) is 5.07. The first-order valence-corrected chi connectivity index (χ1v) is 11.6. The van der Waals surface area contributed by atoms with E-state index in [1.54, 1.807) is 48.3 Å². The van der Waals surface area contributed by atoms with Crippen molar-refractivity contribution in [2.24, 2.45) is 0 Å². The van der Waals surface area contributed by atoms with Gasteiger partial charge < -0.3 is 10.4 Å². The lowest BCUT2D eigenvalue weighted by atomic mass is 10.0. The summed E-state index contributed by atoms with van der Waals surface area (Å²) in [4.78, 5) is 28.1. The zero-order chi connectivity index (χ0) is 24.7. The van der Waals surface area contributed by atoms with Crippen molar-refractivity contribution in [2.75, 3.05) is 5.75 Å². The second-order valence-corrected chi connectivity index (χ2v) is 8.47. The van der Waals surface area contributed by atoms with Gasteiger partial charge in [0.2, 0.25) is 0 Å². The number of aromatic nitrogens is 3. The van der Waals surface area contributed by atoms with E-state index in [1.165, 1.54) is 23.9 Å². The smallest absolute Gasteiger partial charge is 0.304 e. The highest BCUT2D eigenvalue weighted by Gasteiger charge is 2.20. The van der Waals surface area contributed by atoms with Crippen molar-refractivity contribution >= 4 is 35.3 Å². The number of nitrogens with zero attached hydrogens (tertiary/aromatic N) is 3. The Bertz CT molecular complexity index is 1220. The third-order valence-corrected chi connectivity index (χ3v) is 5.99. The number of hydrogen-bond acceptors (Lipinski definition) is 5. The van der Waals surface area contributed by atoms with E-state index in [0.717, 1.165) is 5.56 Å². The van der Waals surface area contributed by atoms with Crippen LogP contribution in [0.5, 0.6) is 0 Å². The van der Waals surface area contributed by atoms with Gasteiger partial charge in [0.25, 0.3) is 5.91 Å². The predicted octanol–water partition coefficient (Wildman–Crippen LogP) is 4.90. The molecule has 1 aromatic carbocycles. The number of benzene rings is 1. The largest absolute Gasteiger partial charge is 0.481 e. The fourth-order valence-corrected chi connectivity index (χ4v) is 4.17.